The van der Waals surface area contributed by atoms with E-state index in [0.717, 1.165) is 18.4 Å². The van der Waals surface area contributed by atoms with Gasteiger partial charge in [-0.2, -0.15) is 0 Å². The molecule has 2 atom stereocenters. The fraction of sp³-hybridized carbons (Fsp3) is 0.700. The highest BCUT2D eigenvalue weighted by molar-refractivity contribution is 5.72. The van der Waals surface area contributed by atoms with E-state index in [1.807, 2.05) is 13.8 Å². The second-order valence-corrected chi connectivity index (χ2v) is 4.25. The van der Waals surface area contributed by atoms with Crippen LogP contribution in [0.15, 0.2) is 12.2 Å². The minimum absolute atomic E-state index is 0.197. The molecule has 0 spiro atoms. The highest BCUT2D eigenvalue weighted by Gasteiger charge is 2.43. The van der Waals surface area contributed by atoms with Gasteiger partial charge < -0.3 is 10.2 Å². The van der Waals surface area contributed by atoms with Crippen LogP contribution in [0, 0.1) is 11.3 Å². The highest BCUT2D eigenvalue weighted by Crippen LogP contribution is 2.47. The fourth-order valence-corrected chi connectivity index (χ4v) is 2.00. The van der Waals surface area contributed by atoms with Crippen molar-refractivity contribution in [2.75, 3.05) is 0 Å². The summed E-state index contributed by atoms with van der Waals surface area (Å²) in [7, 11) is 0. The van der Waals surface area contributed by atoms with Crippen molar-refractivity contribution >= 4 is 5.97 Å². The van der Waals surface area contributed by atoms with Gasteiger partial charge in [-0.25, -0.2) is 4.79 Å². The third-order valence-electron chi connectivity index (χ3n) is 3.23. The lowest BCUT2D eigenvalue weighted by molar-refractivity contribution is -0.151. The molecule has 3 heteroatoms. The van der Waals surface area contributed by atoms with Crippen LogP contribution in [0.2, 0.25) is 0 Å². The van der Waals surface area contributed by atoms with Gasteiger partial charge in [0.25, 0.3) is 0 Å². The molecule has 0 saturated heterocycles. The minimum atomic E-state index is -1.26. The van der Waals surface area contributed by atoms with Crippen molar-refractivity contribution in [3.05, 3.63) is 12.2 Å². The summed E-state index contributed by atoms with van der Waals surface area (Å²) in [5, 5.41) is 18.1. The molecule has 0 unspecified atom stereocenters. The van der Waals surface area contributed by atoms with E-state index in [1.165, 1.54) is 0 Å². The van der Waals surface area contributed by atoms with Crippen LogP contribution < -0.4 is 0 Å². The standard InChI is InChI=1S/C10H16O3/c1-6-4-5-7(10(6,2)3)8(11)9(12)13/h7-8,11H,1,4-5H2,2-3H3,(H,12,13)/t7-,8+/m1/s1. The van der Waals surface area contributed by atoms with Crippen LogP contribution in [0.1, 0.15) is 26.7 Å². The first kappa shape index (κ1) is 10.3. The topological polar surface area (TPSA) is 57.5 Å². The second-order valence-electron chi connectivity index (χ2n) is 4.25. The average Bonchev–Trinajstić information content (AvgIpc) is 2.26. The molecule has 1 aliphatic rings. The molecule has 3 nitrogen and oxygen atoms in total. The molecular formula is C10H16O3. The average molecular weight is 184 g/mol. The third kappa shape index (κ3) is 1.61. The lowest BCUT2D eigenvalue weighted by Crippen LogP contribution is -2.36. The Hall–Kier alpha value is -0.830. The summed E-state index contributed by atoms with van der Waals surface area (Å²) in [6.07, 6.45) is 0.288. The van der Waals surface area contributed by atoms with Crippen molar-refractivity contribution in [2.24, 2.45) is 11.3 Å². The van der Waals surface area contributed by atoms with E-state index in [2.05, 4.69) is 6.58 Å². The first-order valence-corrected chi connectivity index (χ1v) is 4.46. The Labute approximate surface area is 78.1 Å². The number of aliphatic hydroxyl groups is 1. The van der Waals surface area contributed by atoms with Gasteiger partial charge in [0, 0.05) is 5.92 Å². The summed E-state index contributed by atoms with van der Waals surface area (Å²) in [4.78, 5) is 10.6. The molecule has 2 N–H and O–H groups in total. The van der Waals surface area contributed by atoms with Crippen LogP contribution in [-0.2, 0) is 4.79 Å². The third-order valence-corrected chi connectivity index (χ3v) is 3.23. The minimum Gasteiger partial charge on any atom is -0.479 e. The Kier molecular flexibility index (Phi) is 2.48. The number of carbonyl (C=O) groups is 1. The summed E-state index contributed by atoms with van der Waals surface area (Å²) in [5.74, 6) is -1.33. The maximum Gasteiger partial charge on any atom is 0.332 e. The fourth-order valence-electron chi connectivity index (χ4n) is 2.00. The molecule has 1 rings (SSSR count). The van der Waals surface area contributed by atoms with Gasteiger partial charge >= 0.3 is 5.97 Å². The predicted molar refractivity (Wildman–Crippen MR) is 49.3 cm³/mol. The Morgan fingerprint density at radius 3 is 2.54 bits per heavy atom. The van der Waals surface area contributed by atoms with Gasteiger partial charge in [0.2, 0.25) is 0 Å². The SMILES string of the molecule is C=C1CC[C@H]([C@H](O)C(=O)O)C1(C)C. The Bertz CT molecular complexity index is 243. The van der Waals surface area contributed by atoms with Crippen molar-refractivity contribution in [1.29, 1.82) is 0 Å². The largest absolute Gasteiger partial charge is 0.479 e. The van der Waals surface area contributed by atoms with Crippen LogP contribution >= 0.6 is 0 Å². The van der Waals surface area contributed by atoms with E-state index >= 15 is 0 Å². The van der Waals surface area contributed by atoms with Crippen molar-refractivity contribution in [3.8, 4) is 0 Å². The summed E-state index contributed by atoms with van der Waals surface area (Å²) < 4.78 is 0. The van der Waals surface area contributed by atoms with Crippen LogP contribution in [0.3, 0.4) is 0 Å². The molecule has 74 valence electrons. The normalized spacial score (nSPS) is 28.8. The van der Waals surface area contributed by atoms with Gasteiger partial charge in [0.15, 0.2) is 6.10 Å². The molecule has 0 aliphatic heterocycles. The molecule has 0 aromatic heterocycles. The number of aliphatic carboxylic acids is 1. The molecule has 0 aromatic carbocycles. The Morgan fingerprint density at radius 2 is 2.23 bits per heavy atom. The van der Waals surface area contributed by atoms with E-state index in [1.54, 1.807) is 0 Å². The van der Waals surface area contributed by atoms with Crippen molar-refractivity contribution < 1.29 is 15.0 Å². The Balaban J connectivity index is 2.83. The zero-order valence-electron chi connectivity index (χ0n) is 8.08. The zero-order chi connectivity index (χ0) is 10.2. The molecule has 0 aromatic rings. The number of carboxylic acid groups (broad SMARTS) is 1. The highest BCUT2D eigenvalue weighted by atomic mass is 16.4. The van der Waals surface area contributed by atoms with E-state index in [9.17, 15) is 9.90 Å². The van der Waals surface area contributed by atoms with E-state index in [4.69, 9.17) is 5.11 Å². The molecule has 0 heterocycles. The molecule has 0 bridgehead atoms. The van der Waals surface area contributed by atoms with Crippen LogP contribution in [-0.4, -0.2) is 22.3 Å². The smallest absolute Gasteiger partial charge is 0.332 e. The van der Waals surface area contributed by atoms with Gasteiger partial charge in [0.1, 0.15) is 0 Å². The van der Waals surface area contributed by atoms with Crippen LogP contribution in [0.4, 0.5) is 0 Å². The number of carboxylic acids is 1. The van der Waals surface area contributed by atoms with Crippen molar-refractivity contribution in [2.45, 2.75) is 32.8 Å². The molecule has 0 amide bonds. The van der Waals surface area contributed by atoms with Crippen molar-refractivity contribution in [3.63, 3.8) is 0 Å². The first-order valence-electron chi connectivity index (χ1n) is 4.46. The zero-order valence-corrected chi connectivity index (χ0v) is 8.08. The molecule has 1 fully saturated rings. The van der Waals surface area contributed by atoms with Crippen molar-refractivity contribution in [1.82, 2.24) is 0 Å². The Morgan fingerprint density at radius 1 is 1.69 bits per heavy atom. The van der Waals surface area contributed by atoms with E-state index in [0.29, 0.717) is 0 Å². The monoisotopic (exact) mass is 184 g/mol. The van der Waals surface area contributed by atoms with Gasteiger partial charge in [-0.05, 0) is 18.3 Å². The number of hydrogen-bond donors (Lipinski definition) is 2. The first-order chi connectivity index (χ1) is 5.87. The summed E-state index contributed by atoms with van der Waals surface area (Å²) >= 11 is 0. The van der Waals surface area contributed by atoms with Gasteiger partial charge in [0.05, 0.1) is 0 Å². The second kappa shape index (κ2) is 3.14. The number of aliphatic hydroxyl groups excluding tert-OH is 1. The molecule has 1 aliphatic carbocycles. The maximum atomic E-state index is 10.6. The molecule has 1 saturated carbocycles. The predicted octanol–water partition coefficient (Wildman–Crippen LogP) is 1.42. The maximum absolute atomic E-state index is 10.6. The van der Waals surface area contributed by atoms with Gasteiger partial charge in [-0.3, -0.25) is 0 Å². The van der Waals surface area contributed by atoms with Gasteiger partial charge in [-0.15, -0.1) is 0 Å². The molecule has 13 heavy (non-hydrogen) atoms. The van der Waals surface area contributed by atoms with E-state index < -0.39 is 12.1 Å². The number of rotatable bonds is 2. The summed E-state index contributed by atoms with van der Waals surface area (Å²) in [6.45, 7) is 7.78. The van der Waals surface area contributed by atoms with Gasteiger partial charge in [-0.1, -0.05) is 26.0 Å². The number of hydrogen-bond acceptors (Lipinski definition) is 2. The number of allylic oxidation sites excluding steroid dienone is 1. The molecular weight excluding hydrogens is 168 g/mol. The lowest BCUT2D eigenvalue weighted by Gasteiger charge is -2.29. The van der Waals surface area contributed by atoms with E-state index in [-0.39, 0.29) is 11.3 Å². The molecule has 0 radical (unpaired) electrons. The van der Waals surface area contributed by atoms with Crippen LogP contribution in [0.25, 0.3) is 0 Å². The summed E-state index contributed by atoms with van der Waals surface area (Å²) in [5.41, 5.74) is 0.787. The lowest BCUT2D eigenvalue weighted by atomic mass is 9.76. The van der Waals surface area contributed by atoms with Crippen LogP contribution in [0.5, 0.6) is 0 Å². The summed E-state index contributed by atoms with van der Waals surface area (Å²) in [6, 6.07) is 0. The quantitative estimate of drug-likeness (QED) is 0.638.